The predicted octanol–water partition coefficient (Wildman–Crippen LogP) is 2.31. The fourth-order valence-electron chi connectivity index (χ4n) is 3.45. The summed E-state index contributed by atoms with van der Waals surface area (Å²) in [6, 6.07) is 11.8. The maximum absolute atomic E-state index is 13.2. The van der Waals surface area contributed by atoms with Gasteiger partial charge in [-0.3, -0.25) is 14.9 Å². The van der Waals surface area contributed by atoms with Crippen LogP contribution >= 0.6 is 0 Å². The number of nitrogens with one attached hydrogen (secondary N) is 2. The summed E-state index contributed by atoms with van der Waals surface area (Å²) < 4.78 is 5.34. The van der Waals surface area contributed by atoms with Crippen LogP contribution in [0.25, 0.3) is 11.3 Å². The molecule has 1 amide bonds. The molecule has 178 valence electrons. The third kappa shape index (κ3) is 5.84. The highest BCUT2D eigenvalue weighted by atomic mass is 16.6. The van der Waals surface area contributed by atoms with E-state index in [9.17, 15) is 14.9 Å². The van der Waals surface area contributed by atoms with Gasteiger partial charge in [0.15, 0.2) is 0 Å². The van der Waals surface area contributed by atoms with Crippen molar-refractivity contribution in [3.8, 4) is 17.3 Å². The van der Waals surface area contributed by atoms with Crippen LogP contribution in [0.5, 0.6) is 0 Å². The summed E-state index contributed by atoms with van der Waals surface area (Å²) >= 11 is 0. The van der Waals surface area contributed by atoms with Gasteiger partial charge in [0.2, 0.25) is 5.95 Å². The van der Waals surface area contributed by atoms with Crippen molar-refractivity contribution in [2.24, 2.45) is 0 Å². The fraction of sp³-hybridized carbons (Fsp3) is 0.261. The molecule has 0 bridgehead atoms. The predicted molar refractivity (Wildman–Crippen MR) is 127 cm³/mol. The highest BCUT2D eigenvalue weighted by Gasteiger charge is 2.23. The summed E-state index contributed by atoms with van der Waals surface area (Å²) in [6.45, 7) is 2.84. The van der Waals surface area contributed by atoms with Crippen LogP contribution in [0, 0.1) is 21.4 Å². The van der Waals surface area contributed by atoms with Gasteiger partial charge >= 0.3 is 0 Å². The van der Waals surface area contributed by atoms with E-state index in [4.69, 9.17) is 10.00 Å². The summed E-state index contributed by atoms with van der Waals surface area (Å²) in [5.74, 6) is 0.662. The lowest BCUT2D eigenvalue weighted by Gasteiger charge is -2.27. The first kappa shape index (κ1) is 23.5. The number of nitro groups is 1. The second-order valence-corrected chi connectivity index (χ2v) is 7.56. The zero-order valence-corrected chi connectivity index (χ0v) is 18.7. The van der Waals surface area contributed by atoms with Crippen molar-refractivity contribution in [2.75, 3.05) is 50.0 Å². The zero-order chi connectivity index (χ0) is 24.6. The van der Waals surface area contributed by atoms with Gasteiger partial charge < -0.3 is 20.3 Å². The molecule has 3 heterocycles. The highest BCUT2D eigenvalue weighted by molar-refractivity contribution is 6.00. The average molecular weight is 474 g/mol. The van der Waals surface area contributed by atoms with E-state index in [1.807, 2.05) is 0 Å². The number of nitriles is 1. The van der Waals surface area contributed by atoms with E-state index in [2.05, 4.69) is 31.7 Å². The number of hydrogen-bond acceptors (Lipinski definition) is 10. The van der Waals surface area contributed by atoms with Crippen molar-refractivity contribution < 1.29 is 14.5 Å². The Balaban J connectivity index is 1.48. The molecule has 2 aromatic heterocycles. The molecule has 0 radical (unpaired) electrons. The van der Waals surface area contributed by atoms with Gasteiger partial charge in [0, 0.05) is 44.0 Å². The van der Waals surface area contributed by atoms with Crippen molar-refractivity contribution in [2.45, 2.75) is 0 Å². The molecule has 0 spiro atoms. The summed E-state index contributed by atoms with van der Waals surface area (Å²) in [7, 11) is 0. The molecule has 1 aliphatic rings. The number of carbonyl (C=O) groups excluding carboxylic acids is 1. The summed E-state index contributed by atoms with van der Waals surface area (Å²) in [4.78, 5) is 38.0. The molecule has 1 aliphatic heterocycles. The lowest BCUT2D eigenvalue weighted by Crippen LogP contribution is -2.41. The average Bonchev–Trinajstić information content (AvgIpc) is 2.91. The van der Waals surface area contributed by atoms with E-state index in [1.54, 1.807) is 29.2 Å². The minimum absolute atomic E-state index is 0.0795. The number of hydrogen-bond donors (Lipinski definition) is 2. The molecular formula is C23H22N8O4. The molecular weight excluding hydrogens is 452 g/mol. The largest absolute Gasteiger partial charge is 0.378 e. The summed E-state index contributed by atoms with van der Waals surface area (Å²) in [5.41, 5.74) is 1.96. The lowest BCUT2D eigenvalue weighted by molar-refractivity contribution is -0.385. The van der Waals surface area contributed by atoms with Crippen molar-refractivity contribution in [1.82, 2.24) is 19.9 Å². The number of pyridine rings is 1. The molecule has 35 heavy (non-hydrogen) atoms. The van der Waals surface area contributed by atoms with Gasteiger partial charge in [0.25, 0.3) is 11.6 Å². The Bertz CT molecular complexity index is 1240. The van der Waals surface area contributed by atoms with Gasteiger partial charge in [0.1, 0.15) is 12.0 Å². The molecule has 0 aliphatic carbocycles. The van der Waals surface area contributed by atoms with Crippen molar-refractivity contribution in [1.29, 1.82) is 5.26 Å². The van der Waals surface area contributed by atoms with Gasteiger partial charge in [-0.2, -0.15) is 5.26 Å². The Kier molecular flexibility index (Phi) is 7.39. The van der Waals surface area contributed by atoms with E-state index in [0.717, 1.165) is 0 Å². The Hall–Kier alpha value is -4.63. The monoisotopic (exact) mass is 474 g/mol. The first-order chi connectivity index (χ1) is 17.0. The summed E-state index contributed by atoms with van der Waals surface area (Å²) in [6.07, 6.45) is 2.69. The number of amides is 1. The molecule has 3 aromatic rings. The molecule has 1 saturated heterocycles. The quantitative estimate of drug-likeness (QED) is 0.282. The smallest absolute Gasteiger partial charge is 0.287 e. The van der Waals surface area contributed by atoms with Crippen molar-refractivity contribution in [3.05, 3.63) is 70.0 Å². The normalized spacial score (nSPS) is 13.1. The number of ether oxygens (including phenoxy) is 1. The topological polar surface area (TPSA) is 159 Å². The van der Waals surface area contributed by atoms with Crippen LogP contribution in [0.3, 0.4) is 0 Å². The zero-order valence-electron chi connectivity index (χ0n) is 18.7. The molecule has 1 fully saturated rings. The van der Waals surface area contributed by atoms with Crippen LogP contribution in [-0.2, 0) is 4.74 Å². The van der Waals surface area contributed by atoms with E-state index >= 15 is 0 Å². The Labute approximate surface area is 200 Å². The van der Waals surface area contributed by atoms with Gasteiger partial charge in [-0.15, -0.1) is 0 Å². The maximum atomic E-state index is 13.2. The van der Waals surface area contributed by atoms with Gasteiger partial charge in [-0.1, -0.05) is 12.1 Å². The van der Waals surface area contributed by atoms with Crippen LogP contribution in [0.4, 0.5) is 17.5 Å². The van der Waals surface area contributed by atoms with Crippen molar-refractivity contribution in [3.63, 3.8) is 0 Å². The van der Waals surface area contributed by atoms with Crippen LogP contribution in [0.2, 0.25) is 0 Å². The minimum atomic E-state index is -0.505. The number of rotatable bonds is 8. The van der Waals surface area contributed by atoms with E-state index < -0.39 is 4.92 Å². The standard InChI is InChI=1S/C23H22N8O4/c24-13-16-1-3-17(4-2-16)21-19(22(32)30-9-11-35-12-10-30)15-28-23(29-21)26-8-7-25-20-6-5-18(14-27-20)31(33)34/h1-6,14-15H,7-12H2,(H,25,27)(H,26,28,29). The fourth-order valence-corrected chi connectivity index (χ4v) is 3.45. The number of anilines is 2. The molecule has 12 heteroatoms. The first-order valence-electron chi connectivity index (χ1n) is 10.9. The molecule has 1 aromatic carbocycles. The van der Waals surface area contributed by atoms with Crippen LogP contribution < -0.4 is 10.6 Å². The van der Waals surface area contributed by atoms with Crippen LogP contribution in [0.1, 0.15) is 15.9 Å². The van der Waals surface area contributed by atoms with Crippen LogP contribution in [-0.4, -0.2) is 70.1 Å². The molecule has 0 saturated carbocycles. The van der Waals surface area contributed by atoms with Crippen LogP contribution in [0.15, 0.2) is 48.8 Å². The number of aromatic nitrogens is 3. The minimum Gasteiger partial charge on any atom is -0.378 e. The van der Waals surface area contributed by atoms with E-state index in [1.165, 1.54) is 24.5 Å². The number of morpholine rings is 1. The molecule has 12 nitrogen and oxygen atoms in total. The molecule has 2 N–H and O–H groups in total. The highest BCUT2D eigenvalue weighted by Crippen LogP contribution is 2.24. The van der Waals surface area contributed by atoms with Gasteiger partial charge in [-0.05, 0) is 18.2 Å². The van der Waals surface area contributed by atoms with Crippen molar-refractivity contribution >= 4 is 23.4 Å². The Morgan fingerprint density at radius 2 is 1.83 bits per heavy atom. The molecule has 0 atom stereocenters. The summed E-state index contributed by atoms with van der Waals surface area (Å²) in [5, 5.41) is 26.0. The first-order valence-corrected chi connectivity index (χ1v) is 10.9. The Morgan fingerprint density at radius 3 is 2.49 bits per heavy atom. The number of benzene rings is 1. The van der Waals surface area contributed by atoms with Gasteiger partial charge in [0.05, 0.1) is 41.0 Å². The maximum Gasteiger partial charge on any atom is 0.287 e. The second kappa shape index (κ2) is 11.0. The third-order valence-electron chi connectivity index (χ3n) is 5.28. The Morgan fingerprint density at radius 1 is 1.09 bits per heavy atom. The molecule has 0 unspecified atom stereocenters. The van der Waals surface area contributed by atoms with E-state index in [-0.39, 0.29) is 11.6 Å². The SMILES string of the molecule is N#Cc1ccc(-c2nc(NCCNc3ccc([N+](=O)[O-])cn3)ncc2C(=O)N2CCOCC2)cc1. The number of carbonyl (C=O) groups is 1. The third-order valence-corrected chi connectivity index (χ3v) is 5.28. The molecule has 4 rings (SSSR count). The second-order valence-electron chi connectivity index (χ2n) is 7.56. The lowest BCUT2D eigenvalue weighted by atomic mass is 10.0. The number of nitrogens with zero attached hydrogens (tertiary/aromatic N) is 6. The van der Waals surface area contributed by atoms with Gasteiger partial charge in [-0.25, -0.2) is 15.0 Å². The van der Waals surface area contributed by atoms with E-state index in [0.29, 0.717) is 73.5 Å².